The lowest BCUT2D eigenvalue weighted by Crippen LogP contribution is -2.36. The summed E-state index contributed by atoms with van der Waals surface area (Å²) in [4.78, 5) is 25.7. The number of aromatic nitrogens is 1. The van der Waals surface area contributed by atoms with E-state index in [1.807, 2.05) is 27.7 Å². The van der Waals surface area contributed by atoms with Crippen molar-refractivity contribution in [3.8, 4) is 0 Å². The Balaban J connectivity index is 1.62. The second-order valence-corrected chi connectivity index (χ2v) is 7.48. The van der Waals surface area contributed by atoms with Crippen molar-refractivity contribution in [2.75, 3.05) is 19.7 Å². The summed E-state index contributed by atoms with van der Waals surface area (Å²) >= 11 is 0. The summed E-state index contributed by atoms with van der Waals surface area (Å²) < 4.78 is 15.6. The minimum Gasteiger partial charge on any atom is -0.460 e. The molecule has 1 saturated heterocycles. The van der Waals surface area contributed by atoms with Gasteiger partial charge in [0.1, 0.15) is 5.60 Å². The zero-order chi connectivity index (χ0) is 17.6. The highest BCUT2D eigenvalue weighted by Gasteiger charge is 2.59. The first kappa shape index (κ1) is 16.8. The van der Waals surface area contributed by atoms with Gasteiger partial charge in [0.15, 0.2) is 0 Å². The third-order valence-corrected chi connectivity index (χ3v) is 4.58. The first-order chi connectivity index (χ1) is 11.2. The number of rotatable bonds is 3. The van der Waals surface area contributed by atoms with Crippen molar-refractivity contribution in [3.05, 3.63) is 17.0 Å². The molecule has 0 bridgehead atoms. The van der Waals surface area contributed by atoms with E-state index in [0.29, 0.717) is 31.5 Å². The lowest BCUT2D eigenvalue weighted by Gasteiger charge is -2.25. The number of hydrogen-bond donors (Lipinski definition) is 0. The molecule has 0 radical (unpaired) electrons. The number of esters is 1. The van der Waals surface area contributed by atoms with Crippen LogP contribution in [0.3, 0.4) is 0 Å². The van der Waals surface area contributed by atoms with Gasteiger partial charge in [-0.15, -0.1) is 0 Å². The largest absolute Gasteiger partial charge is 0.460 e. The van der Waals surface area contributed by atoms with Crippen LogP contribution in [-0.4, -0.2) is 47.4 Å². The van der Waals surface area contributed by atoms with E-state index in [9.17, 15) is 9.59 Å². The fourth-order valence-electron chi connectivity index (χ4n) is 3.45. The molecular weight excluding hydrogens is 312 g/mol. The van der Waals surface area contributed by atoms with Crippen LogP contribution in [0.15, 0.2) is 4.52 Å². The predicted octanol–water partition coefficient (Wildman–Crippen LogP) is 2.74. The molecule has 7 heteroatoms. The molecule has 2 heterocycles. The van der Waals surface area contributed by atoms with Crippen LogP contribution in [0.1, 0.15) is 55.4 Å². The highest BCUT2D eigenvalue weighted by atomic mass is 16.6. The van der Waals surface area contributed by atoms with Crippen molar-refractivity contribution in [3.63, 3.8) is 0 Å². The van der Waals surface area contributed by atoms with Crippen molar-refractivity contribution in [1.82, 2.24) is 10.1 Å². The Bertz CT molecular complexity index is 648. The second-order valence-electron chi connectivity index (χ2n) is 7.48. The smallest absolute Gasteiger partial charge is 0.410 e. The van der Waals surface area contributed by atoms with E-state index in [4.69, 9.17) is 14.0 Å². The first-order valence-corrected chi connectivity index (χ1v) is 8.34. The van der Waals surface area contributed by atoms with Gasteiger partial charge >= 0.3 is 12.1 Å². The summed E-state index contributed by atoms with van der Waals surface area (Å²) in [5, 5.41) is 4.08. The molecule has 2 unspecified atom stereocenters. The van der Waals surface area contributed by atoms with Crippen LogP contribution < -0.4 is 0 Å². The monoisotopic (exact) mass is 336 g/mol. The van der Waals surface area contributed by atoms with Crippen LogP contribution in [0, 0.1) is 18.8 Å². The predicted molar refractivity (Wildman–Crippen MR) is 84.7 cm³/mol. The van der Waals surface area contributed by atoms with E-state index in [1.54, 1.807) is 11.8 Å². The van der Waals surface area contributed by atoms with Gasteiger partial charge in [-0.25, -0.2) is 9.59 Å². The SMILES string of the molecule is CCOC(=O)c1onc(C2C3CN(C(=O)OC(C)(C)C)CC32)c1C. The second kappa shape index (κ2) is 5.79. The van der Waals surface area contributed by atoms with Gasteiger partial charge in [0.05, 0.1) is 12.3 Å². The summed E-state index contributed by atoms with van der Waals surface area (Å²) in [7, 11) is 0. The topological polar surface area (TPSA) is 81.9 Å². The zero-order valence-corrected chi connectivity index (χ0v) is 14.8. The molecule has 2 atom stereocenters. The zero-order valence-electron chi connectivity index (χ0n) is 14.8. The molecule has 0 aromatic carbocycles. The quantitative estimate of drug-likeness (QED) is 0.789. The van der Waals surface area contributed by atoms with Gasteiger partial charge in [0, 0.05) is 24.6 Å². The van der Waals surface area contributed by atoms with Crippen molar-refractivity contribution in [2.45, 2.75) is 46.1 Å². The Hall–Kier alpha value is -2.05. The molecule has 132 valence electrons. The molecule has 0 N–H and O–H groups in total. The van der Waals surface area contributed by atoms with E-state index in [2.05, 4.69) is 5.16 Å². The Morgan fingerprint density at radius 1 is 1.29 bits per heavy atom. The van der Waals surface area contributed by atoms with Crippen molar-refractivity contribution >= 4 is 12.1 Å². The molecule has 1 aromatic rings. The van der Waals surface area contributed by atoms with E-state index in [-0.39, 0.29) is 17.8 Å². The number of carbonyl (C=O) groups is 2. The minimum absolute atomic E-state index is 0.181. The fraction of sp³-hybridized carbons (Fsp3) is 0.706. The standard InChI is InChI=1S/C17H24N2O5/c1-6-22-15(20)14-9(2)13(18-24-14)12-10-7-19(8-11(10)12)16(21)23-17(3,4)5/h10-12H,6-8H2,1-5H3. The average Bonchev–Trinajstić information content (AvgIpc) is 2.85. The van der Waals surface area contributed by atoms with Gasteiger partial charge in [-0.2, -0.15) is 0 Å². The average molecular weight is 336 g/mol. The van der Waals surface area contributed by atoms with Crippen LogP contribution in [0.25, 0.3) is 0 Å². The molecule has 1 amide bonds. The Labute approximate surface area is 141 Å². The summed E-state index contributed by atoms with van der Waals surface area (Å²) in [5.74, 6) is 0.666. The molecule has 1 aliphatic carbocycles. The van der Waals surface area contributed by atoms with Crippen molar-refractivity contribution < 1.29 is 23.6 Å². The number of piperidine rings is 1. The van der Waals surface area contributed by atoms with Gasteiger partial charge in [0.25, 0.3) is 0 Å². The number of amides is 1. The molecule has 2 aliphatic rings. The molecule has 1 aromatic heterocycles. The van der Waals surface area contributed by atoms with Gasteiger partial charge < -0.3 is 18.9 Å². The first-order valence-electron chi connectivity index (χ1n) is 8.34. The van der Waals surface area contributed by atoms with Gasteiger partial charge in [-0.05, 0) is 46.5 Å². The van der Waals surface area contributed by atoms with Crippen molar-refractivity contribution in [2.24, 2.45) is 11.8 Å². The highest BCUT2D eigenvalue weighted by molar-refractivity contribution is 5.88. The summed E-state index contributed by atoms with van der Waals surface area (Å²) in [5.41, 5.74) is 1.08. The molecular formula is C17H24N2O5. The number of hydrogen-bond acceptors (Lipinski definition) is 6. The normalized spacial score (nSPS) is 25.4. The number of ether oxygens (including phenoxy) is 2. The molecule has 2 fully saturated rings. The molecule has 3 rings (SSSR count). The number of fused-ring (bicyclic) bond motifs is 1. The highest BCUT2D eigenvalue weighted by Crippen LogP contribution is 2.58. The van der Waals surface area contributed by atoms with Crippen LogP contribution in [0.2, 0.25) is 0 Å². The third kappa shape index (κ3) is 2.99. The number of likely N-dealkylation sites (tertiary alicyclic amines) is 1. The molecule has 1 saturated carbocycles. The van der Waals surface area contributed by atoms with Crippen LogP contribution in [-0.2, 0) is 9.47 Å². The molecule has 24 heavy (non-hydrogen) atoms. The number of carbonyl (C=O) groups excluding carboxylic acids is 2. The Kier molecular flexibility index (Phi) is 4.05. The Morgan fingerprint density at radius 2 is 1.92 bits per heavy atom. The summed E-state index contributed by atoms with van der Waals surface area (Å²) in [6, 6.07) is 0. The lowest BCUT2D eigenvalue weighted by molar-refractivity contribution is 0.0270. The van der Waals surface area contributed by atoms with Crippen LogP contribution in [0.5, 0.6) is 0 Å². The molecule has 7 nitrogen and oxygen atoms in total. The van der Waals surface area contributed by atoms with E-state index < -0.39 is 11.6 Å². The van der Waals surface area contributed by atoms with E-state index in [1.165, 1.54) is 0 Å². The maximum Gasteiger partial charge on any atom is 0.410 e. The van der Waals surface area contributed by atoms with Gasteiger partial charge in [-0.3, -0.25) is 0 Å². The lowest BCUT2D eigenvalue weighted by atomic mass is 10.1. The molecule has 0 spiro atoms. The Morgan fingerprint density at radius 3 is 2.46 bits per heavy atom. The van der Waals surface area contributed by atoms with Crippen LogP contribution >= 0.6 is 0 Å². The third-order valence-electron chi connectivity index (χ3n) is 4.58. The maximum atomic E-state index is 12.1. The minimum atomic E-state index is -0.486. The van der Waals surface area contributed by atoms with E-state index >= 15 is 0 Å². The fourth-order valence-corrected chi connectivity index (χ4v) is 3.45. The number of nitrogens with zero attached hydrogens (tertiary/aromatic N) is 2. The summed E-state index contributed by atoms with van der Waals surface area (Å²) in [6.07, 6.45) is -0.266. The van der Waals surface area contributed by atoms with E-state index in [0.717, 1.165) is 11.3 Å². The van der Waals surface area contributed by atoms with Crippen LogP contribution in [0.4, 0.5) is 4.79 Å². The van der Waals surface area contributed by atoms with Crippen molar-refractivity contribution in [1.29, 1.82) is 0 Å². The maximum absolute atomic E-state index is 12.1. The van der Waals surface area contributed by atoms with Gasteiger partial charge in [0.2, 0.25) is 5.76 Å². The van der Waals surface area contributed by atoms with Gasteiger partial charge in [-0.1, -0.05) is 5.16 Å². The molecule has 1 aliphatic heterocycles. The summed E-state index contributed by atoms with van der Waals surface area (Å²) in [6.45, 7) is 10.8.